The van der Waals surface area contributed by atoms with Crippen LogP contribution in [0.5, 0.6) is 0 Å². The normalized spacial score (nSPS) is 19.0. The van der Waals surface area contributed by atoms with E-state index >= 15 is 0 Å². The average Bonchev–Trinajstić information content (AvgIpc) is 3.54. The van der Waals surface area contributed by atoms with Crippen molar-refractivity contribution in [3.63, 3.8) is 0 Å². The first-order chi connectivity index (χ1) is 22.3. The van der Waals surface area contributed by atoms with Crippen LogP contribution in [0.2, 0.25) is 0 Å². The van der Waals surface area contributed by atoms with Gasteiger partial charge in [0.1, 0.15) is 23.3 Å². The SMILES string of the molecule is Cc1cc(N2CCCS2=O)ccc1-c1ccc2cc(-c3nc4cc5c(cc4n3C)CCN(CC(N)CF)C5=O)n(CC3CC3)c2n1. The number of carbonyl (C=O) groups is 1. The van der Waals surface area contributed by atoms with Crippen molar-refractivity contribution in [3.8, 4) is 22.8 Å². The molecule has 5 heterocycles. The maximum Gasteiger partial charge on any atom is 0.254 e. The lowest BCUT2D eigenvalue weighted by Gasteiger charge is -2.30. The van der Waals surface area contributed by atoms with Crippen LogP contribution in [0.25, 0.3) is 44.8 Å². The first-order valence-electron chi connectivity index (χ1n) is 16.2. The summed E-state index contributed by atoms with van der Waals surface area (Å²) in [4.78, 5) is 25.3. The van der Waals surface area contributed by atoms with E-state index < -0.39 is 23.7 Å². The second-order valence-electron chi connectivity index (χ2n) is 13.1. The smallest absolute Gasteiger partial charge is 0.254 e. The number of benzene rings is 2. The van der Waals surface area contributed by atoms with Crippen LogP contribution in [-0.2, 0) is 31.0 Å². The summed E-state index contributed by atoms with van der Waals surface area (Å²) in [6.45, 7) is 3.87. The van der Waals surface area contributed by atoms with Gasteiger partial charge >= 0.3 is 0 Å². The van der Waals surface area contributed by atoms with Gasteiger partial charge in [-0.15, -0.1) is 0 Å². The Bertz CT molecular complexity index is 2050. The molecule has 1 aliphatic carbocycles. The summed E-state index contributed by atoms with van der Waals surface area (Å²) in [6.07, 6.45) is 4.06. The van der Waals surface area contributed by atoms with Gasteiger partial charge in [0.15, 0.2) is 5.82 Å². The van der Waals surface area contributed by atoms with Crippen molar-refractivity contribution in [1.29, 1.82) is 0 Å². The van der Waals surface area contributed by atoms with Crippen LogP contribution in [0.4, 0.5) is 10.1 Å². The number of pyridine rings is 1. The minimum Gasteiger partial charge on any atom is -0.337 e. The van der Waals surface area contributed by atoms with E-state index in [2.05, 4.69) is 58.5 Å². The topological polar surface area (TPSA) is 102 Å². The summed E-state index contributed by atoms with van der Waals surface area (Å²) in [5.74, 6) is 2.06. The highest BCUT2D eigenvalue weighted by Gasteiger charge is 2.29. The number of amides is 1. The molecule has 0 bridgehead atoms. The van der Waals surface area contributed by atoms with Gasteiger partial charge in [-0.25, -0.2) is 18.6 Å². The lowest BCUT2D eigenvalue weighted by Crippen LogP contribution is -2.45. The minimum atomic E-state index is -0.953. The number of aromatic nitrogens is 4. The number of rotatable bonds is 8. The monoisotopic (exact) mass is 639 g/mol. The largest absolute Gasteiger partial charge is 0.337 e. The number of nitrogens with two attached hydrogens (primary N) is 1. The lowest BCUT2D eigenvalue weighted by atomic mass is 9.97. The second-order valence-corrected chi connectivity index (χ2v) is 14.6. The Morgan fingerprint density at radius 1 is 1.07 bits per heavy atom. The molecule has 0 radical (unpaired) electrons. The molecule has 2 unspecified atom stereocenters. The molecule has 5 aromatic rings. The molecule has 0 spiro atoms. The predicted octanol–water partition coefficient (Wildman–Crippen LogP) is 5.14. The summed E-state index contributed by atoms with van der Waals surface area (Å²) in [6, 6.07) is 16.0. The van der Waals surface area contributed by atoms with E-state index in [-0.39, 0.29) is 12.5 Å². The summed E-state index contributed by atoms with van der Waals surface area (Å²) in [5, 5.41) is 1.06. The van der Waals surface area contributed by atoms with Crippen LogP contribution >= 0.6 is 0 Å². The Balaban J connectivity index is 1.19. The summed E-state index contributed by atoms with van der Waals surface area (Å²) in [5.41, 5.74) is 15.2. The van der Waals surface area contributed by atoms with Gasteiger partial charge in [0.25, 0.3) is 5.91 Å². The minimum absolute atomic E-state index is 0.115. The molecule has 2 aliphatic heterocycles. The summed E-state index contributed by atoms with van der Waals surface area (Å²) >= 11 is 0. The Morgan fingerprint density at radius 3 is 2.65 bits per heavy atom. The van der Waals surface area contributed by atoms with Gasteiger partial charge < -0.3 is 19.8 Å². The maximum absolute atomic E-state index is 13.3. The fourth-order valence-electron chi connectivity index (χ4n) is 7.04. The van der Waals surface area contributed by atoms with Gasteiger partial charge in [0.2, 0.25) is 0 Å². The quantitative estimate of drug-likeness (QED) is 0.253. The van der Waals surface area contributed by atoms with Crippen LogP contribution < -0.4 is 10.0 Å². The van der Waals surface area contributed by atoms with Crippen LogP contribution in [0.15, 0.2) is 48.5 Å². The predicted molar refractivity (Wildman–Crippen MR) is 181 cm³/mol. The average molecular weight is 640 g/mol. The van der Waals surface area contributed by atoms with E-state index in [4.69, 9.17) is 15.7 Å². The number of anilines is 1. The number of halogens is 1. The second kappa shape index (κ2) is 11.3. The summed E-state index contributed by atoms with van der Waals surface area (Å²) in [7, 11) is 1.08. The van der Waals surface area contributed by atoms with E-state index in [1.807, 2.05) is 17.4 Å². The summed E-state index contributed by atoms with van der Waals surface area (Å²) < 4.78 is 32.0. The molecule has 9 nitrogen and oxygen atoms in total. The van der Waals surface area contributed by atoms with Crippen molar-refractivity contribution < 1.29 is 13.4 Å². The Kier molecular flexibility index (Phi) is 7.21. The Hall–Kier alpha value is -4.09. The molecule has 11 heteroatoms. The molecule has 3 aromatic heterocycles. The van der Waals surface area contributed by atoms with E-state index in [1.54, 1.807) is 4.90 Å². The van der Waals surface area contributed by atoms with Gasteiger partial charge in [-0.2, -0.15) is 0 Å². The van der Waals surface area contributed by atoms with Gasteiger partial charge in [0.05, 0.1) is 28.5 Å². The number of aryl methyl sites for hydroxylation is 2. The van der Waals surface area contributed by atoms with Crippen LogP contribution in [0, 0.1) is 12.8 Å². The van der Waals surface area contributed by atoms with Crippen LogP contribution in [-0.4, -0.2) is 72.2 Å². The van der Waals surface area contributed by atoms with Gasteiger partial charge in [0, 0.05) is 61.2 Å². The van der Waals surface area contributed by atoms with Crippen molar-refractivity contribution in [2.24, 2.45) is 18.7 Å². The molecule has 1 saturated heterocycles. The molecule has 8 rings (SSSR count). The highest BCUT2D eigenvalue weighted by molar-refractivity contribution is 7.86. The first-order valence-corrected chi connectivity index (χ1v) is 17.4. The maximum atomic E-state index is 13.3. The first kappa shape index (κ1) is 29.3. The van der Waals surface area contributed by atoms with E-state index in [1.165, 1.54) is 12.8 Å². The molecule has 3 aliphatic rings. The Labute approximate surface area is 269 Å². The van der Waals surface area contributed by atoms with E-state index in [9.17, 15) is 13.4 Å². The number of alkyl halides is 1. The number of hydrogen-bond acceptors (Lipinski definition) is 5. The molecule has 238 valence electrons. The lowest BCUT2D eigenvalue weighted by molar-refractivity contribution is 0.0725. The van der Waals surface area contributed by atoms with Crippen molar-refractivity contribution in [2.75, 3.05) is 36.4 Å². The fraction of sp³-hybridized carbons (Fsp3) is 0.400. The fourth-order valence-corrected chi connectivity index (χ4v) is 8.31. The third-order valence-electron chi connectivity index (χ3n) is 9.74. The molecule has 1 amide bonds. The van der Waals surface area contributed by atoms with Crippen molar-refractivity contribution in [3.05, 3.63) is 65.2 Å². The molecular formula is C35H38FN7O2S. The molecule has 2 fully saturated rings. The van der Waals surface area contributed by atoms with Gasteiger partial charge in [-0.05, 0) is 92.1 Å². The zero-order valence-corrected chi connectivity index (χ0v) is 27.0. The third kappa shape index (κ3) is 5.00. The number of fused-ring (bicyclic) bond motifs is 3. The van der Waals surface area contributed by atoms with Crippen LogP contribution in [0.3, 0.4) is 0 Å². The van der Waals surface area contributed by atoms with Crippen molar-refractivity contribution in [1.82, 2.24) is 24.0 Å². The number of imidazole rings is 1. The zero-order valence-electron chi connectivity index (χ0n) is 26.2. The number of hydrogen-bond donors (Lipinski definition) is 1. The molecule has 46 heavy (non-hydrogen) atoms. The zero-order chi connectivity index (χ0) is 31.7. The standard InChI is InChI=1S/C35H38FN7O2S/c1-21-14-26(43-11-3-13-46(43)45)7-8-27(21)29-9-6-24-16-32(42(33(24)38-29)19-22-4-5-22)34-39-30-17-28-23(15-31(30)40(34)2)10-12-41(35(28)44)20-25(37)18-36/h6-9,14-17,22,25H,3-5,10-13,18-20,37H2,1-2H3. The van der Waals surface area contributed by atoms with Gasteiger partial charge in [-0.3, -0.25) is 9.10 Å². The molecule has 1 saturated carbocycles. The molecule has 2 atom stereocenters. The highest BCUT2D eigenvalue weighted by atomic mass is 32.2. The molecular weight excluding hydrogens is 601 g/mol. The number of carbonyl (C=O) groups excluding carboxylic acids is 1. The van der Waals surface area contributed by atoms with Gasteiger partial charge in [-0.1, -0.05) is 6.07 Å². The van der Waals surface area contributed by atoms with E-state index in [0.29, 0.717) is 24.4 Å². The number of nitrogens with zero attached hydrogens (tertiary/aromatic N) is 6. The molecule has 2 aromatic carbocycles. The van der Waals surface area contributed by atoms with Crippen molar-refractivity contribution >= 4 is 44.6 Å². The third-order valence-corrected chi connectivity index (χ3v) is 11.3. The molecule has 2 N–H and O–H groups in total. The van der Waals surface area contributed by atoms with Crippen LogP contribution in [0.1, 0.15) is 40.7 Å². The Morgan fingerprint density at radius 2 is 1.91 bits per heavy atom. The van der Waals surface area contributed by atoms with E-state index in [0.717, 1.165) is 86.9 Å². The van der Waals surface area contributed by atoms with Crippen molar-refractivity contribution in [2.45, 2.75) is 45.2 Å². The highest BCUT2D eigenvalue weighted by Crippen LogP contribution is 2.38.